The lowest BCUT2D eigenvalue weighted by Crippen LogP contribution is -2.45. The van der Waals surface area contributed by atoms with Gasteiger partial charge in [-0.2, -0.15) is 0 Å². The highest BCUT2D eigenvalue weighted by molar-refractivity contribution is 6.32. The molecule has 1 aromatic rings. The number of benzene rings is 1. The fraction of sp³-hybridized carbons (Fsp3) is 0.389. The van der Waals surface area contributed by atoms with Gasteiger partial charge in [0.2, 0.25) is 0 Å². The summed E-state index contributed by atoms with van der Waals surface area (Å²) >= 11 is 0. The number of fused-ring (bicyclic) bond motifs is 1. The molecule has 2 aliphatic heterocycles. The van der Waals surface area contributed by atoms with E-state index in [1.807, 2.05) is 6.92 Å². The van der Waals surface area contributed by atoms with Crippen molar-refractivity contribution in [3.8, 4) is 5.75 Å². The van der Waals surface area contributed by atoms with E-state index in [1.54, 1.807) is 43.9 Å². The second kappa shape index (κ2) is 5.78. The predicted molar refractivity (Wildman–Crippen MR) is 90.0 cm³/mol. The van der Waals surface area contributed by atoms with Crippen molar-refractivity contribution in [1.29, 1.82) is 0 Å². The number of amides is 3. The Labute approximate surface area is 140 Å². The maximum Gasteiger partial charge on any atom is 0.267 e. The van der Waals surface area contributed by atoms with Crippen LogP contribution in [0.3, 0.4) is 0 Å². The van der Waals surface area contributed by atoms with E-state index in [0.717, 1.165) is 11.3 Å². The molecule has 6 nitrogen and oxygen atoms in total. The third-order valence-electron chi connectivity index (χ3n) is 4.47. The fourth-order valence-electron chi connectivity index (χ4n) is 2.97. The SMILES string of the molecule is CCCN1C(=O)C(C)Oc2ccc(N3C(=O)C(C)=C(C)C3=O)cc21. The Morgan fingerprint density at radius 2 is 1.71 bits per heavy atom. The number of hydrogen-bond donors (Lipinski definition) is 0. The van der Waals surface area contributed by atoms with Gasteiger partial charge < -0.3 is 9.64 Å². The maximum absolute atomic E-state index is 12.4. The Morgan fingerprint density at radius 1 is 1.08 bits per heavy atom. The average molecular weight is 328 g/mol. The highest BCUT2D eigenvalue weighted by Crippen LogP contribution is 2.38. The first kappa shape index (κ1) is 16.2. The van der Waals surface area contributed by atoms with Gasteiger partial charge in [-0.05, 0) is 45.4 Å². The van der Waals surface area contributed by atoms with Gasteiger partial charge in [0.25, 0.3) is 17.7 Å². The molecule has 3 rings (SSSR count). The maximum atomic E-state index is 12.4. The lowest BCUT2D eigenvalue weighted by Gasteiger charge is -2.33. The van der Waals surface area contributed by atoms with Gasteiger partial charge >= 0.3 is 0 Å². The molecule has 126 valence electrons. The molecule has 24 heavy (non-hydrogen) atoms. The van der Waals surface area contributed by atoms with Crippen molar-refractivity contribution >= 4 is 29.1 Å². The predicted octanol–water partition coefficient (Wildman–Crippen LogP) is 2.42. The second-order valence-electron chi connectivity index (χ2n) is 6.10. The van der Waals surface area contributed by atoms with Crippen LogP contribution < -0.4 is 14.5 Å². The second-order valence-corrected chi connectivity index (χ2v) is 6.10. The Morgan fingerprint density at radius 3 is 2.29 bits per heavy atom. The van der Waals surface area contributed by atoms with E-state index in [-0.39, 0.29) is 17.7 Å². The van der Waals surface area contributed by atoms with E-state index in [4.69, 9.17) is 4.74 Å². The first-order valence-electron chi connectivity index (χ1n) is 8.05. The number of carbonyl (C=O) groups is 3. The molecule has 0 saturated carbocycles. The van der Waals surface area contributed by atoms with Gasteiger partial charge in [-0.25, -0.2) is 4.90 Å². The lowest BCUT2D eigenvalue weighted by atomic mass is 10.1. The van der Waals surface area contributed by atoms with Gasteiger partial charge in [-0.1, -0.05) is 6.92 Å². The molecule has 0 aliphatic carbocycles. The largest absolute Gasteiger partial charge is 0.479 e. The molecule has 2 aliphatic rings. The molecule has 3 amide bonds. The van der Waals surface area contributed by atoms with Crippen LogP contribution >= 0.6 is 0 Å². The highest BCUT2D eigenvalue weighted by atomic mass is 16.5. The summed E-state index contributed by atoms with van der Waals surface area (Å²) in [5.74, 6) is -0.183. The molecule has 0 N–H and O–H groups in total. The van der Waals surface area contributed by atoms with Crippen LogP contribution in [-0.4, -0.2) is 30.4 Å². The molecule has 0 spiro atoms. The van der Waals surface area contributed by atoms with Gasteiger partial charge in [0.15, 0.2) is 6.10 Å². The van der Waals surface area contributed by atoms with Crippen LogP contribution in [0.2, 0.25) is 0 Å². The van der Waals surface area contributed by atoms with E-state index in [1.165, 1.54) is 0 Å². The first-order chi connectivity index (χ1) is 11.4. The lowest BCUT2D eigenvalue weighted by molar-refractivity contribution is -0.125. The molecule has 0 saturated heterocycles. The van der Waals surface area contributed by atoms with Gasteiger partial charge in [0.05, 0.1) is 11.4 Å². The molecule has 0 fully saturated rings. The molecule has 0 radical (unpaired) electrons. The molecule has 2 heterocycles. The monoisotopic (exact) mass is 328 g/mol. The zero-order valence-electron chi connectivity index (χ0n) is 14.3. The van der Waals surface area contributed by atoms with Crippen molar-refractivity contribution < 1.29 is 19.1 Å². The summed E-state index contributed by atoms with van der Waals surface area (Å²) in [6, 6.07) is 5.06. The van der Waals surface area contributed by atoms with E-state index in [0.29, 0.717) is 34.8 Å². The summed E-state index contributed by atoms with van der Waals surface area (Å²) in [6.07, 6.45) is 0.250. The van der Waals surface area contributed by atoms with Crippen LogP contribution in [0.15, 0.2) is 29.3 Å². The quantitative estimate of drug-likeness (QED) is 0.799. The van der Waals surface area contributed by atoms with Crippen molar-refractivity contribution in [3.05, 3.63) is 29.3 Å². The molecule has 6 heteroatoms. The number of anilines is 2. The third-order valence-corrected chi connectivity index (χ3v) is 4.47. The number of ether oxygens (including phenoxy) is 1. The number of hydrogen-bond acceptors (Lipinski definition) is 4. The van der Waals surface area contributed by atoms with Crippen LogP contribution in [0.25, 0.3) is 0 Å². The Bertz CT molecular complexity index is 757. The van der Waals surface area contributed by atoms with Crippen LogP contribution in [-0.2, 0) is 14.4 Å². The fourth-order valence-corrected chi connectivity index (χ4v) is 2.97. The van der Waals surface area contributed by atoms with E-state index in [9.17, 15) is 14.4 Å². The summed E-state index contributed by atoms with van der Waals surface area (Å²) in [6.45, 7) is 7.55. The third kappa shape index (κ3) is 2.29. The smallest absolute Gasteiger partial charge is 0.267 e. The van der Waals surface area contributed by atoms with Crippen molar-refractivity contribution in [2.45, 2.75) is 40.2 Å². The van der Waals surface area contributed by atoms with Gasteiger partial charge in [0.1, 0.15) is 5.75 Å². The van der Waals surface area contributed by atoms with Crippen molar-refractivity contribution in [2.75, 3.05) is 16.3 Å². The molecule has 0 bridgehead atoms. The highest BCUT2D eigenvalue weighted by Gasteiger charge is 2.36. The summed E-state index contributed by atoms with van der Waals surface area (Å²) in [5.41, 5.74) is 1.94. The summed E-state index contributed by atoms with van der Waals surface area (Å²) in [4.78, 5) is 39.9. The Hall–Kier alpha value is -2.63. The summed E-state index contributed by atoms with van der Waals surface area (Å²) < 4.78 is 5.64. The number of imide groups is 1. The summed E-state index contributed by atoms with van der Waals surface area (Å²) in [5, 5.41) is 0. The summed E-state index contributed by atoms with van der Waals surface area (Å²) in [7, 11) is 0. The zero-order valence-corrected chi connectivity index (χ0v) is 14.3. The Balaban J connectivity index is 2.04. The molecular weight excluding hydrogens is 308 g/mol. The van der Waals surface area contributed by atoms with E-state index < -0.39 is 6.10 Å². The standard InChI is InChI=1S/C18H20N2O4/c1-5-8-19-14-9-13(6-7-15(14)24-12(4)18(19)23)20-16(21)10(2)11(3)17(20)22/h6-7,9,12H,5,8H2,1-4H3. The zero-order chi connectivity index (χ0) is 17.6. The van der Waals surface area contributed by atoms with Crippen LogP contribution in [0.5, 0.6) is 5.75 Å². The minimum atomic E-state index is -0.545. The van der Waals surface area contributed by atoms with Crippen LogP contribution in [0, 0.1) is 0 Å². The number of nitrogens with zero attached hydrogens (tertiary/aromatic N) is 2. The van der Waals surface area contributed by atoms with Crippen molar-refractivity contribution in [1.82, 2.24) is 0 Å². The van der Waals surface area contributed by atoms with Gasteiger partial charge in [-0.15, -0.1) is 0 Å². The molecule has 1 atom stereocenters. The molecule has 1 unspecified atom stereocenters. The Kier molecular flexibility index (Phi) is 3.91. The van der Waals surface area contributed by atoms with Crippen LogP contribution in [0.1, 0.15) is 34.1 Å². The number of rotatable bonds is 3. The van der Waals surface area contributed by atoms with Gasteiger partial charge in [0, 0.05) is 17.7 Å². The topological polar surface area (TPSA) is 66.9 Å². The van der Waals surface area contributed by atoms with Gasteiger partial charge in [-0.3, -0.25) is 14.4 Å². The number of carbonyl (C=O) groups excluding carboxylic acids is 3. The molecule has 0 aromatic heterocycles. The van der Waals surface area contributed by atoms with E-state index in [2.05, 4.69) is 0 Å². The minimum Gasteiger partial charge on any atom is -0.479 e. The van der Waals surface area contributed by atoms with Crippen molar-refractivity contribution in [2.24, 2.45) is 0 Å². The molecular formula is C18H20N2O4. The first-order valence-corrected chi connectivity index (χ1v) is 8.05. The van der Waals surface area contributed by atoms with E-state index >= 15 is 0 Å². The normalized spacial score (nSPS) is 20.7. The minimum absolute atomic E-state index is 0.119. The molecule has 1 aromatic carbocycles. The van der Waals surface area contributed by atoms with Crippen molar-refractivity contribution in [3.63, 3.8) is 0 Å². The van der Waals surface area contributed by atoms with Crippen LogP contribution in [0.4, 0.5) is 11.4 Å². The average Bonchev–Trinajstić information content (AvgIpc) is 2.75.